The number of nitrogens with one attached hydrogen (secondary N) is 2. The highest BCUT2D eigenvalue weighted by Gasteiger charge is 2.08. The van der Waals surface area contributed by atoms with Crippen LogP contribution in [0.3, 0.4) is 0 Å². The van der Waals surface area contributed by atoms with E-state index in [-0.39, 0.29) is 0 Å². The summed E-state index contributed by atoms with van der Waals surface area (Å²) in [6, 6.07) is 11.1. The van der Waals surface area contributed by atoms with Crippen LogP contribution in [0.4, 0.5) is 17.3 Å². The van der Waals surface area contributed by atoms with Gasteiger partial charge in [-0.25, -0.2) is 4.98 Å². The van der Waals surface area contributed by atoms with E-state index in [1.54, 1.807) is 14.2 Å². The Bertz CT molecular complexity index is 782. The molecular formula is C15H16N4O2. The molecule has 21 heavy (non-hydrogen) atoms. The zero-order valence-corrected chi connectivity index (χ0v) is 11.8. The van der Waals surface area contributed by atoms with Gasteiger partial charge < -0.3 is 25.5 Å². The Morgan fingerprint density at radius 2 is 1.95 bits per heavy atom. The highest BCUT2D eigenvalue weighted by molar-refractivity contribution is 5.82. The molecule has 0 saturated heterocycles. The fourth-order valence-electron chi connectivity index (χ4n) is 2.13. The predicted octanol–water partition coefficient (Wildman–Crippen LogP) is 2.91. The van der Waals surface area contributed by atoms with E-state index < -0.39 is 0 Å². The molecule has 0 unspecified atom stereocenters. The third-order valence-electron chi connectivity index (χ3n) is 3.17. The Morgan fingerprint density at radius 1 is 1.10 bits per heavy atom. The lowest BCUT2D eigenvalue weighted by Crippen LogP contribution is -1.97. The maximum absolute atomic E-state index is 5.76. The summed E-state index contributed by atoms with van der Waals surface area (Å²) < 4.78 is 10.6. The summed E-state index contributed by atoms with van der Waals surface area (Å²) in [7, 11) is 3.24. The highest BCUT2D eigenvalue weighted by atomic mass is 16.5. The molecule has 0 aliphatic rings. The molecule has 6 nitrogen and oxygen atoms in total. The summed E-state index contributed by atoms with van der Waals surface area (Å²) in [4.78, 5) is 7.64. The van der Waals surface area contributed by atoms with E-state index in [2.05, 4.69) is 15.3 Å². The number of H-pyrrole nitrogens is 1. The number of fused-ring (bicyclic) bond motifs is 1. The van der Waals surface area contributed by atoms with Crippen LogP contribution in [0, 0.1) is 0 Å². The average molecular weight is 284 g/mol. The van der Waals surface area contributed by atoms with Crippen LogP contribution in [-0.2, 0) is 0 Å². The molecule has 0 radical (unpaired) electrons. The molecule has 0 aliphatic heterocycles. The minimum atomic E-state index is 0.613. The molecule has 3 aromatic rings. The van der Waals surface area contributed by atoms with Crippen LogP contribution in [-0.4, -0.2) is 24.2 Å². The zero-order chi connectivity index (χ0) is 14.8. The van der Waals surface area contributed by atoms with Crippen LogP contribution in [0.2, 0.25) is 0 Å². The fourth-order valence-corrected chi connectivity index (χ4v) is 2.13. The molecule has 0 saturated carbocycles. The number of nitrogen functional groups attached to an aromatic ring is 1. The molecule has 1 heterocycles. The Hall–Kier alpha value is -2.89. The van der Waals surface area contributed by atoms with Gasteiger partial charge in [0.1, 0.15) is 11.5 Å². The van der Waals surface area contributed by atoms with Crippen molar-refractivity contribution in [1.82, 2.24) is 9.97 Å². The van der Waals surface area contributed by atoms with Crippen LogP contribution in [0.25, 0.3) is 11.0 Å². The first-order chi connectivity index (χ1) is 10.2. The number of ether oxygens (including phenoxy) is 2. The van der Waals surface area contributed by atoms with Gasteiger partial charge >= 0.3 is 0 Å². The Morgan fingerprint density at radius 3 is 2.71 bits per heavy atom. The number of nitrogens with zero attached hydrogens (tertiary/aromatic N) is 1. The standard InChI is InChI=1S/C15H16N4O2/c1-20-10-4-6-14(21-2)13(8-10)19-15-17-11-5-3-9(16)7-12(11)18-15/h3-8H,16H2,1-2H3,(H2,17,18,19). The molecule has 3 rings (SSSR count). The minimum absolute atomic E-state index is 0.613. The molecule has 0 bridgehead atoms. The smallest absolute Gasteiger partial charge is 0.205 e. The van der Waals surface area contributed by atoms with Crippen LogP contribution >= 0.6 is 0 Å². The van der Waals surface area contributed by atoms with Crippen molar-refractivity contribution in [3.8, 4) is 11.5 Å². The van der Waals surface area contributed by atoms with E-state index in [1.165, 1.54) is 0 Å². The number of nitrogens with two attached hydrogens (primary N) is 1. The molecule has 0 atom stereocenters. The average Bonchev–Trinajstić information content (AvgIpc) is 2.88. The van der Waals surface area contributed by atoms with Gasteiger partial charge in [-0.15, -0.1) is 0 Å². The third kappa shape index (κ3) is 2.55. The van der Waals surface area contributed by atoms with Gasteiger partial charge in [-0.1, -0.05) is 0 Å². The number of rotatable bonds is 4. The molecule has 0 spiro atoms. The van der Waals surface area contributed by atoms with Crippen molar-refractivity contribution in [2.75, 3.05) is 25.3 Å². The molecule has 1 aromatic heterocycles. The van der Waals surface area contributed by atoms with Gasteiger partial charge in [0.25, 0.3) is 0 Å². The Labute approximate surface area is 121 Å². The summed E-state index contributed by atoms with van der Waals surface area (Å²) in [5.41, 5.74) is 8.94. The van der Waals surface area contributed by atoms with Crippen molar-refractivity contribution in [2.45, 2.75) is 0 Å². The number of methoxy groups -OCH3 is 2. The van der Waals surface area contributed by atoms with Crippen molar-refractivity contribution in [1.29, 1.82) is 0 Å². The first-order valence-corrected chi connectivity index (χ1v) is 6.44. The fraction of sp³-hybridized carbons (Fsp3) is 0.133. The largest absolute Gasteiger partial charge is 0.497 e. The monoisotopic (exact) mass is 284 g/mol. The molecule has 4 N–H and O–H groups in total. The van der Waals surface area contributed by atoms with Gasteiger partial charge in [0.05, 0.1) is 30.9 Å². The first-order valence-electron chi connectivity index (χ1n) is 6.44. The number of anilines is 3. The maximum atomic E-state index is 5.76. The zero-order valence-electron chi connectivity index (χ0n) is 11.8. The number of imidazole rings is 1. The second kappa shape index (κ2) is 5.24. The summed E-state index contributed by atoms with van der Waals surface area (Å²) in [5.74, 6) is 2.05. The van der Waals surface area contributed by atoms with Crippen molar-refractivity contribution >= 4 is 28.4 Å². The van der Waals surface area contributed by atoms with E-state index in [0.29, 0.717) is 17.4 Å². The van der Waals surface area contributed by atoms with Gasteiger partial charge in [0.2, 0.25) is 5.95 Å². The number of hydrogen-bond donors (Lipinski definition) is 3. The number of hydrogen-bond acceptors (Lipinski definition) is 5. The van der Waals surface area contributed by atoms with Crippen molar-refractivity contribution < 1.29 is 9.47 Å². The summed E-state index contributed by atoms with van der Waals surface area (Å²) in [6.45, 7) is 0. The topological polar surface area (TPSA) is 85.2 Å². The second-order valence-electron chi connectivity index (χ2n) is 4.55. The molecular weight excluding hydrogens is 268 g/mol. The van der Waals surface area contributed by atoms with Crippen LogP contribution in [0.1, 0.15) is 0 Å². The van der Waals surface area contributed by atoms with Gasteiger partial charge in [-0.05, 0) is 30.3 Å². The summed E-state index contributed by atoms with van der Waals surface area (Å²) in [6.07, 6.45) is 0. The SMILES string of the molecule is COc1ccc(OC)c(Nc2nc3ccc(N)cc3[nH]2)c1. The van der Waals surface area contributed by atoms with E-state index in [9.17, 15) is 0 Å². The molecule has 2 aromatic carbocycles. The lowest BCUT2D eigenvalue weighted by Gasteiger charge is -2.10. The van der Waals surface area contributed by atoms with Gasteiger partial charge in [-0.3, -0.25) is 0 Å². The van der Waals surface area contributed by atoms with E-state index in [4.69, 9.17) is 15.2 Å². The quantitative estimate of drug-likeness (QED) is 0.641. The molecule has 0 fully saturated rings. The second-order valence-corrected chi connectivity index (χ2v) is 4.55. The first kappa shape index (κ1) is 13.1. The van der Waals surface area contributed by atoms with Crippen LogP contribution < -0.4 is 20.5 Å². The summed E-state index contributed by atoms with van der Waals surface area (Å²) >= 11 is 0. The summed E-state index contributed by atoms with van der Waals surface area (Å²) in [5, 5.41) is 3.19. The van der Waals surface area contributed by atoms with E-state index in [0.717, 1.165) is 22.5 Å². The van der Waals surface area contributed by atoms with E-state index >= 15 is 0 Å². The maximum Gasteiger partial charge on any atom is 0.205 e. The van der Waals surface area contributed by atoms with Crippen molar-refractivity contribution in [2.24, 2.45) is 0 Å². The van der Waals surface area contributed by atoms with Crippen LogP contribution in [0.5, 0.6) is 11.5 Å². The lowest BCUT2D eigenvalue weighted by atomic mass is 10.2. The van der Waals surface area contributed by atoms with Crippen molar-refractivity contribution in [3.63, 3.8) is 0 Å². The Kier molecular flexibility index (Phi) is 3.27. The normalized spacial score (nSPS) is 10.6. The molecule has 0 aliphatic carbocycles. The highest BCUT2D eigenvalue weighted by Crippen LogP contribution is 2.31. The van der Waals surface area contributed by atoms with Gasteiger partial charge in [0.15, 0.2) is 0 Å². The third-order valence-corrected chi connectivity index (χ3v) is 3.17. The van der Waals surface area contributed by atoms with Gasteiger partial charge in [-0.2, -0.15) is 0 Å². The predicted molar refractivity (Wildman–Crippen MR) is 83.3 cm³/mol. The Balaban J connectivity index is 1.97. The van der Waals surface area contributed by atoms with Crippen LogP contribution in [0.15, 0.2) is 36.4 Å². The van der Waals surface area contributed by atoms with E-state index in [1.807, 2.05) is 36.4 Å². The molecule has 0 amide bonds. The number of aromatic amines is 1. The van der Waals surface area contributed by atoms with Gasteiger partial charge in [0, 0.05) is 11.8 Å². The lowest BCUT2D eigenvalue weighted by molar-refractivity contribution is 0.405. The minimum Gasteiger partial charge on any atom is -0.497 e. The molecule has 108 valence electrons. The number of benzene rings is 2. The molecule has 6 heteroatoms. The number of aromatic nitrogens is 2. The van der Waals surface area contributed by atoms with Crippen molar-refractivity contribution in [3.05, 3.63) is 36.4 Å².